The van der Waals surface area contributed by atoms with Crippen molar-refractivity contribution in [3.8, 4) is 17.0 Å². The van der Waals surface area contributed by atoms with E-state index in [0.717, 1.165) is 5.56 Å². The molecule has 19 heavy (non-hydrogen) atoms. The van der Waals surface area contributed by atoms with Crippen molar-refractivity contribution in [1.82, 2.24) is 20.3 Å². The molecule has 1 heterocycles. The number of aromatic hydroxyl groups is 1. The zero-order valence-electron chi connectivity index (χ0n) is 10.7. The number of rotatable bonds is 4. The minimum absolute atomic E-state index is 0.0847. The fraction of sp³-hybridized carbons (Fsp3) is 0.250. The number of nitrogens with two attached hydrogens (primary N) is 1. The van der Waals surface area contributed by atoms with Crippen LogP contribution in [0.25, 0.3) is 11.3 Å². The normalized spacial score (nSPS) is 10.9. The number of hydrogen-bond acceptors (Lipinski definition) is 5. The number of nitrogens with one attached hydrogen (secondary N) is 1. The lowest BCUT2D eigenvalue weighted by Crippen LogP contribution is -2.13. The van der Waals surface area contributed by atoms with E-state index >= 15 is 0 Å². The van der Waals surface area contributed by atoms with Gasteiger partial charge in [0.05, 0.1) is 0 Å². The van der Waals surface area contributed by atoms with Crippen molar-refractivity contribution in [2.75, 3.05) is 14.1 Å². The van der Waals surface area contributed by atoms with E-state index in [0.29, 0.717) is 17.8 Å². The van der Waals surface area contributed by atoms with E-state index in [-0.39, 0.29) is 11.4 Å². The average Bonchev–Trinajstić information content (AvgIpc) is 2.80. The van der Waals surface area contributed by atoms with Crippen molar-refractivity contribution in [3.63, 3.8) is 0 Å². The van der Waals surface area contributed by atoms with Gasteiger partial charge in [0.2, 0.25) is 0 Å². The van der Waals surface area contributed by atoms with Gasteiger partial charge in [-0.05, 0) is 32.3 Å². The lowest BCUT2D eigenvalue weighted by atomic mass is 10.1. The number of H-pyrrole nitrogens is 1. The third-order valence-corrected chi connectivity index (χ3v) is 2.62. The van der Waals surface area contributed by atoms with Crippen LogP contribution in [0.1, 0.15) is 16.1 Å². The van der Waals surface area contributed by atoms with E-state index < -0.39 is 5.91 Å². The first-order valence-corrected chi connectivity index (χ1v) is 5.66. The van der Waals surface area contributed by atoms with Crippen LogP contribution in [0.2, 0.25) is 0 Å². The maximum absolute atomic E-state index is 11.2. The SMILES string of the molecule is CN(C)Cc1cc(-c2n[nH]nc2C(N)=O)ccc1O. The van der Waals surface area contributed by atoms with Gasteiger partial charge in [-0.3, -0.25) is 4.79 Å². The molecule has 0 fully saturated rings. The second-order valence-corrected chi connectivity index (χ2v) is 4.47. The molecule has 2 rings (SSSR count). The summed E-state index contributed by atoms with van der Waals surface area (Å²) in [6.45, 7) is 0.573. The maximum Gasteiger partial charge on any atom is 0.271 e. The van der Waals surface area contributed by atoms with Crippen LogP contribution in [0.4, 0.5) is 0 Å². The summed E-state index contributed by atoms with van der Waals surface area (Å²) in [6.07, 6.45) is 0. The molecule has 7 heteroatoms. The lowest BCUT2D eigenvalue weighted by molar-refractivity contribution is 0.0996. The molecule has 7 nitrogen and oxygen atoms in total. The lowest BCUT2D eigenvalue weighted by Gasteiger charge is -2.12. The van der Waals surface area contributed by atoms with Crippen molar-refractivity contribution in [3.05, 3.63) is 29.5 Å². The number of primary amides is 1. The van der Waals surface area contributed by atoms with Crippen molar-refractivity contribution < 1.29 is 9.90 Å². The summed E-state index contributed by atoms with van der Waals surface area (Å²) in [4.78, 5) is 13.2. The molecule has 0 unspecified atom stereocenters. The second kappa shape index (κ2) is 5.07. The average molecular weight is 261 g/mol. The highest BCUT2D eigenvalue weighted by Crippen LogP contribution is 2.26. The van der Waals surface area contributed by atoms with Crippen molar-refractivity contribution >= 4 is 5.91 Å². The molecular weight excluding hydrogens is 246 g/mol. The van der Waals surface area contributed by atoms with Gasteiger partial charge in [-0.15, -0.1) is 0 Å². The third-order valence-electron chi connectivity index (χ3n) is 2.62. The van der Waals surface area contributed by atoms with Gasteiger partial charge in [-0.1, -0.05) is 0 Å². The fourth-order valence-electron chi connectivity index (χ4n) is 1.80. The molecule has 100 valence electrons. The fourth-order valence-corrected chi connectivity index (χ4v) is 1.80. The van der Waals surface area contributed by atoms with Crippen LogP contribution < -0.4 is 5.73 Å². The van der Waals surface area contributed by atoms with Crippen LogP contribution in [-0.4, -0.2) is 45.4 Å². The molecule has 1 amide bonds. The van der Waals surface area contributed by atoms with Crippen LogP contribution in [0.5, 0.6) is 5.75 Å². The number of hydrogen-bond donors (Lipinski definition) is 3. The van der Waals surface area contributed by atoms with E-state index in [1.54, 1.807) is 18.2 Å². The van der Waals surface area contributed by atoms with Crippen LogP contribution in [-0.2, 0) is 6.54 Å². The molecule has 0 saturated heterocycles. The summed E-state index contributed by atoms with van der Waals surface area (Å²) < 4.78 is 0. The van der Waals surface area contributed by atoms with E-state index in [1.807, 2.05) is 19.0 Å². The van der Waals surface area contributed by atoms with E-state index in [1.165, 1.54) is 0 Å². The summed E-state index contributed by atoms with van der Waals surface area (Å²) in [6, 6.07) is 4.99. The van der Waals surface area contributed by atoms with Crippen molar-refractivity contribution in [2.45, 2.75) is 6.54 Å². The van der Waals surface area contributed by atoms with Gasteiger partial charge < -0.3 is 15.7 Å². The van der Waals surface area contributed by atoms with Gasteiger partial charge in [0.15, 0.2) is 5.69 Å². The topological polar surface area (TPSA) is 108 Å². The molecule has 1 aromatic carbocycles. The van der Waals surface area contributed by atoms with Crippen molar-refractivity contribution in [2.24, 2.45) is 5.73 Å². The van der Waals surface area contributed by atoms with Crippen LogP contribution in [0, 0.1) is 0 Å². The smallest absolute Gasteiger partial charge is 0.271 e. The quantitative estimate of drug-likeness (QED) is 0.735. The molecule has 0 aliphatic rings. The van der Waals surface area contributed by atoms with Crippen LogP contribution in [0.3, 0.4) is 0 Å². The Balaban J connectivity index is 2.45. The molecule has 0 aliphatic carbocycles. The molecular formula is C12H15N5O2. The Morgan fingerprint density at radius 1 is 1.42 bits per heavy atom. The monoisotopic (exact) mass is 261 g/mol. The van der Waals surface area contributed by atoms with E-state index in [4.69, 9.17) is 5.73 Å². The molecule has 4 N–H and O–H groups in total. The zero-order valence-corrected chi connectivity index (χ0v) is 10.7. The van der Waals surface area contributed by atoms with Gasteiger partial charge in [-0.25, -0.2) is 0 Å². The number of carbonyl (C=O) groups excluding carboxylic acids is 1. The van der Waals surface area contributed by atoms with E-state index in [9.17, 15) is 9.90 Å². The summed E-state index contributed by atoms with van der Waals surface area (Å²) in [5.41, 5.74) is 7.11. The predicted molar refractivity (Wildman–Crippen MR) is 69.4 cm³/mol. The van der Waals surface area contributed by atoms with Gasteiger partial charge in [0.1, 0.15) is 11.4 Å². The minimum atomic E-state index is -0.647. The number of aromatic nitrogens is 3. The highest BCUT2D eigenvalue weighted by molar-refractivity contribution is 5.96. The Bertz CT molecular complexity index is 606. The number of benzene rings is 1. The predicted octanol–water partition coefficient (Wildman–Crippen LogP) is 0.338. The van der Waals surface area contributed by atoms with Crippen molar-refractivity contribution in [1.29, 1.82) is 0 Å². The Labute approximate surface area is 110 Å². The summed E-state index contributed by atoms with van der Waals surface area (Å²) >= 11 is 0. The Hall–Kier alpha value is -2.41. The molecule has 0 atom stereocenters. The third kappa shape index (κ3) is 2.71. The zero-order chi connectivity index (χ0) is 14.0. The first kappa shape index (κ1) is 13.0. The summed E-state index contributed by atoms with van der Waals surface area (Å²) in [7, 11) is 3.80. The number of aromatic amines is 1. The van der Waals surface area contributed by atoms with Crippen LogP contribution >= 0.6 is 0 Å². The number of amides is 1. The van der Waals surface area contributed by atoms with Gasteiger partial charge in [0.25, 0.3) is 5.91 Å². The minimum Gasteiger partial charge on any atom is -0.508 e. The Morgan fingerprint density at radius 3 is 2.79 bits per heavy atom. The Morgan fingerprint density at radius 2 is 2.16 bits per heavy atom. The second-order valence-electron chi connectivity index (χ2n) is 4.47. The number of nitrogens with zero attached hydrogens (tertiary/aromatic N) is 3. The Kier molecular flexibility index (Phi) is 3.48. The molecule has 0 aliphatic heterocycles. The molecule has 2 aromatic rings. The summed E-state index contributed by atoms with van der Waals surface area (Å²) in [5, 5.41) is 19.8. The first-order chi connectivity index (χ1) is 8.99. The highest BCUT2D eigenvalue weighted by Gasteiger charge is 2.16. The van der Waals surface area contributed by atoms with Gasteiger partial charge >= 0.3 is 0 Å². The molecule has 0 spiro atoms. The first-order valence-electron chi connectivity index (χ1n) is 5.66. The number of carbonyl (C=O) groups is 1. The van der Waals surface area contributed by atoms with E-state index in [2.05, 4.69) is 15.4 Å². The molecule has 0 bridgehead atoms. The van der Waals surface area contributed by atoms with Crippen LogP contribution in [0.15, 0.2) is 18.2 Å². The standard InChI is InChI=1S/C12H15N5O2/c1-17(2)6-8-5-7(3-4-9(8)18)10-11(12(13)19)15-16-14-10/h3-5,18H,6H2,1-2H3,(H2,13,19)(H,14,15,16). The molecule has 0 radical (unpaired) electrons. The largest absolute Gasteiger partial charge is 0.508 e. The maximum atomic E-state index is 11.2. The van der Waals surface area contributed by atoms with Gasteiger partial charge in [-0.2, -0.15) is 15.4 Å². The highest BCUT2D eigenvalue weighted by atomic mass is 16.3. The summed E-state index contributed by atoms with van der Waals surface area (Å²) in [5.74, 6) is -0.451. The number of phenolic OH excluding ortho intramolecular Hbond substituents is 1. The molecule has 1 aromatic heterocycles. The van der Waals surface area contributed by atoms with Gasteiger partial charge in [0, 0.05) is 17.7 Å². The molecule has 0 saturated carbocycles. The number of phenols is 1.